The second kappa shape index (κ2) is 6.52. The molecule has 0 saturated heterocycles. The maximum Gasteiger partial charge on any atom is 0.161 e. The van der Waals surface area contributed by atoms with Gasteiger partial charge in [0.1, 0.15) is 0 Å². The first-order valence-corrected chi connectivity index (χ1v) is 7.83. The topological polar surface area (TPSA) is 18.5 Å². The van der Waals surface area contributed by atoms with Crippen molar-refractivity contribution >= 4 is 15.9 Å². The Kier molecular flexibility index (Phi) is 4.94. The molecule has 0 spiro atoms. The lowest BCUT2D eigenvalue weighted by atomic mass is 9.94. The molecule has 2 aromatic rings. The van der Waals surface area contributed by atoms with Crippen molar-refractivity contribution in [1.82, 2.24) is 0 Å². The third-order valence-corrected chi connectivity index (χ3v) is 4.68. The molecule has 21 heavy (non-hydrogen) atoms. The number of hydrogen-bond donors (Lipinski definition) is 0. The summed E-state index contributed by atoms with van der Waals surface area (Å²) in [5.41, 5.74) is 6.35. The monoisotopic (exact) mass is 348 g/mol. The lowest BCUT2D eigenvalue weighted by molar-refractivity contribution is 0.354. The lowest BCUT2D eigenvalue weighted by Gasteiger charge is -2.19. The van der Waals surface area contributed by atoms with Gasteiger partial charge in [0.25, 0.3) is 0 Å². The number of benzene rings is 2. The first-order valence-electron chi connectivity index (χ1n) is 6.91. The average molecular weight is 349 g/mol. The van der Waals surface area contributed by atoms with E-state index in [0.29, 0.717) is 0 Å². The van der Waals surface area contributed by atoms with Gasteiger partial charge < -0.3 is 9.47 Å². The van der Waals surface area contributed by atoms with Crippen molar-refractivity contribution in [3.63, 3.8) is 0 Å². The Morgan fingerprint density at radius 3 is 1.95 bits per heavy atom. The number of alkyl halides is 1. The number of aryl methyl sites for hydroxylation is 3. The van der Waals surface area contributed by atoms with E-state index in [4.69, 9.17) is 9.47 Å². The van der Waals surface area contributed by atoms with Gasteiger partial charge in [0.2, 0.25) is 0 Å². The van der Waals surface area contributed by atoms with Crippen molar-refractivity contribution in [3.8, 4) is 11.5 Å². The van der Waals surface area contributed by atoms with E-state index in [-0.39, 0.29) is 4.83 Å². The molecular formula is C18H21BrO2. The lowest BCUT2D eigenvalue weighted by Crippen LogP contribution is -2.01. The highest BCUT2D eigenvalue weighted by atomic mass is 79.9. The molecule has 0 aliphatic rings. The van der Waals surface area contributed by atoms with Crippen molar-refractivity contribution in [3.05, 3.63) is 58.1 Å². The smallest absolute Gasteiger partial charge is 0.161 e. The molecule has 0 aromatic heterocycles. The van der Waals surface area contributed by atoms with Crippen LogP contribution in [-0.2, 0) is 0 Å². The van der Waals surface area contributed by atoms with E-state index in [1.165, 1.54) is 22.3 Å². The van der Waals surface area contributed by atoms with E-state index in [0.717, 1.165) is 17.1 Å². The summed E-state index contributed by atoms with van der Waals surface area (Å²) >= 11 is 3.83. The molecule has 1 atom stereocenters. The highest BCUT2D eigenvalue weighted by molar-refractivity contribution is 9.09. The van der Waals surface area contributed by atoms with Crippen LogP contribution in [0.3, 0.4) is 0 Å². The zero-order chi connectivity index (χ0) is 15.6. The van der Waals surface area contributed by atoms with E-state index in [9.17, 15) is 0 Å². The highest BCUT2D eigenvalue weighted by Crippen LogP contribution is 2.39. The van der Waals surface area contributed by atoms with Crippen LogP contribution in [0.15, 0.2) is 30.3 Å². The summed E-state index contributed by atoms with van der Waals surface area (Å²) < 4.78 is 10.7. The average Bonchev–Trinajstić information content (AvgIpc) is 2.45. The molecule has 0 fully saturated rings. The molecule has 2 nitrogen and oxygen atoms in total. The molecule has 0 bridgehead atoms. The Morgan fingerprint density at radius 1 is 0.857 bits per heavy atom. The Bertz CT molecular complexity index is 627. The SMILES string of the molecule is COc1ccc(C(Br)c2c(C)cc(C)cc2C)cc1OC. The fourth-order valence-electron chi connectivity index (χ4n) is 2.77. The summed E-state index contributed by atoms with van der Waals surface area (Å²) in [5, 5.41) is 0. The maximum absolute atomic E-state index is 5.40. The summed E-state index contributed by atoms with van der Waals surface area (Å²) in [7, 11) is 3.31. The van der Waals surface area contributed by atoms with Crippen molar-refractivity contribution in [2.24, 2.45) is 0 Å². The molecule has 0 N–H and O–H groups in total. The molecule has 0 radical (unpaired) electrons. The minimum atomic E-state index is 0.137. The van der Waals surface area contributed by atoms with Crippen LogP contribution in [-0.4, -0.2) is 14.2 Å². The summed E-state index contributed by atoms with van der Waals surface area (Å²) in [6.07, 6.45) is 0. The Morgan fingerprint density at radius 2 is 1.43 bits per heavy atom. The predicted octanol–water partition coefficient (Wildman–Crippen LogP) is 5.11. The molecule has 0 amide bonds. The molecular weight excluding hydrogens is 328 g/mol. The van der Waals surface area contributed by atoms with Crippen LogP contribution in [0.4, 0.5) is 0 Å². The summed E-state index contributed by atoms with van der Waals surface area (Å²) in [4.78, 5) is 0.137. The van der Waals surface area contributed by atoms with Gasteiger partial charge in [-0.05, 0) is 55.2 Å². The van der Waals surface area contributed by atoms with Gasteiger partial charge in [0, 0.05) is 0 Å². The quantitative estimate of drug-likeness (QED) is 0.714. The molecule has 2 aromatic carbocycles. The van der Waals surface area contributed by atoms with Crippen LogP contribution in [0.5, 0.6) is 11.5 Å². The largest absolute Gasteiger partial charge is 0.493 e. The van der Waals surface area contributed by atoms with E-state index < -0.39 is 0 Å². The van der Waals surface area contributed by atoms with Crippen LogP contribution in [0.1, 0.15) is 32.6 Å². The predicted molar refractivity (Wildman–Crippen MR) is 91.0 cm³/mol. The van der Waals surface area contributed by atoms with E-state index in [2.05, 4.69) is 54.9 Å². The minimum absolute atomic E-state index is 0.137. The van der Waals surface area contributed by atoms with E-state index in [1.54, 1.807) is 14.2 Å². The van der Waals surface area contributed by atoms with Crippen LogP contribution in [0.25, 0.3) is 0 Å². The number of halogens is 1. The normalized spacial score (nSPS) is 12.1. The summed E-state index contributed by atoms with van der Waals surface area (Å²) in [5.74, 6) is 1.50. The van der Waals surface area contributed by atoms with Crippen LogP contribution < -0.4 is 9.47 Å². The van der Waals surface area contributed by atoms with Gasteiger partial charge in [-0.2, -0.15) is 0 Å². The molecule has 0 saturated carbocycles. The second-order valence-corrected chi connectivity index (χ2v) is 6.21. The molecule has 0 heterocycles. The van der Waals surface area contributed by atoms with Gasteiger partial charge in [0.15, 0.2) is 11.5 Å². The van der Waals surface area contributed by atoms with Gasteiger partial charge in [-0.25, -0.2) is 0 Å². The van der Waals surface area contributed by atoms with Gasteiger partial charge >= 0.3 is 0 Å². The fraction of sp³-hybridized carbons (Fsp3) is 0.333. The Balaban J connectivity index is 2.47. The molecule has 2 rings (SSSR count). The first kappa shape index (κ1) is 15.9. The minimum Gasteiger partial charge on any atom is -0.493 e. The Labute approximate surface area is 135 Å². The van der Waals surface area contributed by atoms with Crippen LogP contribution >= 0.6 is 15.9 Å². The molecule has 0 aliphatic carbocycles. The van der Waals surface area contributed by atoms with Crippen molar-refractivity contribution in [1.29, 1.82) is 0 Å². The van der Waals surface area contributed by atoms with Crippen molar-refractivity contribution < 1.29 is 9.47 Å². The van der Waals surface area contributed by atoms with Gasteiger partial charge in [0.05, 0.1) is 19.0 Å². The van der Waals surface area contributed by atoms with Crippen molar-refractivity contribution in [2.45, 2.75) is 25.6 Å². The van der Waals surface area contributed by atoms with E-state index in [1.807, 2.05) is 12.1 Å². The second-order valence-electron chi connectivity index (χ2n) is 5.29. The number of ether oxygens (including phenoxy) is 2. The number of methoxy groups -OCH3 is 2. The molecule has 0 aliphatic heterocycles. The third kappa shape index (κ3) is 3.24. The fourth-order valence-corrected chi connectivity index (χ4v) is 3.78. The molecule has 1 unspecified atom stereocenters. The Hall–Kier alpha value is -1.48. The summed E-state index contributed by atoms with van der Waals surface area (Å²) in [6, 6.07) is 10.5. The van der Waals surface area contributed by atoms with Crippen LogP contribution in [0.2, 0.25) is 0 Å². The molecule has 3 heteroatoms. The third-order valence-electron chi connectivity index (χ3n) is 3.69. The van der Waals surface area contributed by atoms with Crippen molar-refractivity contribution in [2.75, 3.05) is 14.2 Å². The van der Waals surface area contributed by atoms with Crippen LogP contribution in [0, 0.1) is 20.8 Å². The standard InChI is InChI=1S/C18H21BrO2/c1-11-8-12(2)17(13(3)9-11)18(19)14-6-7-15(20-4)16(10-14)21-5/h6-10,18H,1-5H3. The van der Waals surface area contributed by atoms with Gasteiger partial charge in [-0.15, -0.1) is 0 Å². The molecule has 112 valence electrons. The zero-order valence-corrected chi connectivity index (χ0v) is 14.7. The summed E-state index contributed by atoms with van der Waals surface area (Å²) in [6.45, 7) is 6.44. The highest BCUT2D eigenvalue weighted by Gasteiger charge is 2.17. The zero-order valence-electron chi connectivity index (χ0n) is 13.2. The van der Waals surface area contributed by atoms with Gasteiger partial charge in [-0.3, -0.25) is 0 Å². The maximum atomic E-state index is 5.40. The van der Waals surface area contributed by atoms with Gasteiger partial charge in [-0.1, -0.05) is 39.7 Å². The number of rotatable bonds is 4. The van der Waals surface area contributed by atoms with E-state index >= 15 is 0 Å². The first-order chi connectivity index (χ1) is 9.97. The number of hydrogen-bond acceptors (Lipinski definition) is 2.